The zero-order chi connectivity index (χ0) is 11.6. The van der Waals surface area contributed by atoms with Crippen LogP contribution in [0.1, 0.15) is 31.7 Å². The molecule has 0 saturated heterocycles. The molecule has 2 rings (SSSR count). The normalized spacial score (nSPS) is 22.1. The van der Waals surface area contributed by atoms with Gasteiger partial charge >= 0.3 is 5.97 Å². The number of fused-ring (bicyclic) bond motifs is 1. The fourth-order valence-electron chi connectivity index (χ4n) is 2.16. The molecule has 0 saturated carbocycles. The summed E-state index contributed by atoms with van der Waals surface area (Å²) in [5.74, 6) is -0.730. The van der Waals surface area contributed by atoms with Crippen LogP contribution in [-0.2, 0) is 10.2 Å². The van der Waals surface area contributed by atoms with Crippen molar-refractivity contribution in [1.82, 2.24) is 0 Å². The van der Waals surface area contributed by atoms with Crippen LogP contribution in [-0.4, -0.2) is 17.3 Å². The molecule has 3 nitrogen and oxygen atoms in total. The maximum absolute atomic E-state index is 10.5. The molecule has 1 unspecified atom stereocenters. The number of benzene rings is 1. The maximum Gasteiger partial charge on any atom is 0.303 e. The van der Waals surface area contributed by atoms with Crippen molar-refractivity contribution in [1.29, 1.82) is 0 Å². The molecule has 0 amide bonds. The van der Waals surface area contributed by atoms with E-state index in [4.69, 9.17) is 5.11 Å². The number of aliphatic carboxylic acids is 1. The number of nitrogens with zero attached hydrogens (tertiary/aromatic N) is 1. The Bertz CT molecular complexity index is 439. The largest absolute Gasteiger partial charge is 0.481 e. The molecule has 1 atom stereocenters. The van der Waals surface area contributed by atoms with Crippen LogP contribution in [0.25, 0.3) is 0 Å². The van der Waals surface area contributed by atoms with E-state index in [-0.39, 0.29) is 11.8 Å². The molecule has 3 heteroatoms. The Labute approximate surface area is 94.8 Å². The molecule has 1 aromatic rings. The minimum atomic E-state index is -0.730. The zero-order valence-electron chi connectivity index (χ0n) is 9.31. The molecule has 1 aliphatic rings. The van der Waals surface area contributed by atoms with E-state index >= 15 is 0 Å². The SMILES string of the molecule is CC1(CCCC(=O)O)C=Nc2ccccc21. The lowest BCUT2D eigenvalue weighted by molar-refractivity contribution is -0.137. The third kappa shape index (κ3) is 1.98. The Kier molecular flexibility index (Phi) is 2.77. The van der Waals surface area contributed by atoms with Gasteiger partial charge in [-0.1, -0.05) is 25.1 Å². The molecular weight excluding hydrogens is 202 g/mol. The number of hydrogen-bond acceptors (Lipinski definition) is 2. The lowest BCUT2D eigenvalue weighted by Gasteiger charge is -2.21. The van der Waals surface area contributed by atoms with E-state index in [9.17, 15) is 4.79 Å². The molecule has 1 aromatic carbocycles. The monoisotopic (exact) mass is 217 g/mol. The highest BCUT2D eigenvalue weighted by Gasteiger charge is 2.30. The van der Waals surface area contributed by atoms with Gasteiger partial charge in [0, 0.05) is 18.1 Å². The van der Waals surface area contributed by atoms with Crippen LogP contribution in [0.15, 0.2) is 29.3 Å². The number of carboxylic acid groups (broad SMARTS) is 1. The van der Waals surface area contributed by atoms with E-state index in [1.54, 1.807) is 0 Å². The molecule has 16 heavy (non-hydrogen) atoms. The van der Waals surface area contributed by atoms with Crippen molar-refractivity contribution in [2.24, 2.45) is 4.99 Å². The van der Waals surface area contributed by atoms with Gasteiger partial charge in [-0.25, -0.2) is 0 Å². The summed E-state index contributed by atoms with van der Waals surface area (Å²) < 4.78 is 0. The first-order valence-electron chi connectivity index (χ1n) is 5.48. The van der Waals surface area contributed by atoms with Gasteiger partial charge < -0.3 is 5.11 Å². The molecule has 0 aromatic heterocycles. The lowest BCUT2D eigenvalue weighted by Crippen LogP contribution is -2.21. The van der Waals surface area contributed by atoms with E-state index in [1.807, 2.05) is 24.4 Å². The van der Waals surface area contributed by atoms with Crippen LogP contribution < -0.4 is 0 Å². The van der Waals surface area contributed by atoms with E-state index < -0.39 is 5.97 Å². The van der Waals surface area contributed by atoms with Crippen molar-refractivity contribution in [3.8, 4) is 0 Å². The molecule has 84 valence electrons. The van der Waals surface area contributed by atoms with Crippen molar-refractivity contribution in [2.45, 2.75) is 31.6 Å². The summed E-state index contributed by atoms with van der Waals surface area (Å²) in [6.45, 7) is 2.12. The standard InChI is InChI=1S/C13H15NO2/c1-13(8-4-7-12(15)16)9-14-11-6-3-2-5-10(11)13/h2-3,5-6,9H,4,7-8H2,1H3,(H,15,16). The predicted octanol–water partition coefficient (Wildman–Crippen LogP) is 2.92. The van der Waals surface area contributed by atoms with Gasteiger partial charge in [0.05, 0.1) is 5.69 Å². The number of aliphatic imine (C=N–C) groups is 1. The molecule has 1 N–H and O–H groups in total. The van der Waals surface area contributed by atoms with Crippen molar-refractivity contribution < 1.29 is 9.90 Å². The van der Waals surface area contributed by atoms with Gasteiger partial charge in [-0.15, -0.1) is 0 Å². The number of carbonyl (C=O) groups is 1. The summed E-state index contributed by atoms with van der Waals surface area (Å²) in [5.41, 5.74) is 2.13. The minimum Gasteiger partial charge on any atom is -0.481 e. The van der Waals surface area contributed by atoms with Crippen LogP contribution in [0.3, 0.4) is 0 Å². The van der Waals surface area contributed by atoms with Crippen molar-refractivity contribution in [3.05, 3.63) is 29.8 Å². The van der Waals surface area contributed by atoms with E-state index in [2.05, 4.69) is 18.0 Å². The van der Waals surface area contributed by atoms with E-state index in [0.717, 1.165) is 12.1 Å². The minimum absolute atomic E-state index is 0.0912. The molecule has 0 bridgehead atoms. The maximum atomic E-state index is 10.5. The van der Waals surface area contributed by atoms with Gasteiger partial charge in [-0.2, -0.15) is 0 Å². The van der Waals surface area contributed by atoms with Gasteiger partial charge in [0.1, 0.15) is 0 Å². The van der Waals surface area contributed by atoms with Crippen LogP contribution >= 0.6 is 0 Å². The van der Waals surface area contributed by atoms with Gasteiger partial charge in [-0.3, -0.25) is 9.79 Å². The average Bonchev–Trinajstić information content (AvgIpc) is 2.57. The second-order valence-electron chi connectivity index (χ2n) is 4.44. The second kappa shape index (κ2) is 4.08. The summed E-state index contributed by atoms with van der Waals surface area (Å²) >= 11 is 0. The Morgan fingerprint density at radius 1 is 1.44 bits per heavy atom. The predicted molar refractivity (Wildman–Crippen MR) is 63.4 cm³/mol. The molecule has 0 radical (unpaired) electrons. The van der Waals surface area contributed by atoms with Crippen molar-refractivity contribution in [3.63, 3.8) is 0 Å². The smallest absolute Gasteiger partial charge is 0.303 e. The highest BCUT2D eigenvalue weighted by Crippen LogP contribution is 2.39. The quantitative estimate of drug-likeness (QED) is 0.843. The first-order chi connectivity index (χ1) is 7.62. The lowest BCUT2D eigenvalue weighted by atomic mass is 9.80. The van der Waals surface area contributed by atoms with Crippen molar-refractivity contribution >= 4 is 17.9 Å². The molecule has 0 aliphatic carbocycles. The van der Waals surface area contributed by atoms with Gasteiger partial charge in [0.15, 0.2) is 0 Å². The van der Waals surface area contributed by atoms with Gasteiger partial charge in [0.25, 0.3) is 0 Å². The summed E-state index contributed by atoms with van der Waals surface area (Å²) in [6, 6.07) is 8.04. The Morgan fingerprint density at radius 3 is 2.94 bits per heavy atom. The molecule has 1 aliphatic heterocycles. The highest BCUT2D eigenvalue weighted by molar-refractivity contribution is 5.84. The summed E-state index contributed by atoms with van der Waals surface area (Å²) in [5, 5.41) is 8.63. The number of para-hydroxylation sites is 1. The average molecular weight is 217 g/mol. The van der Waals surface area contributed by atoms with E-state index in [0.29, 0.717) is 6.42 Å². The number of rotatable bonds is 4. The van der Waals surface area contributed by atoms with Gasteiger partial charge in [-0.05, 0) is 24.5 Å². The van der Waals surface area contributed by atoms with Crippen LogP contribution in [0.2, 0.25) is 0 Å². The Morgan fingerprint density at radius 2 is 2.19 bits per heavy atom. The van der Waals surface area contributed by atoms with Crippen LogP contribution in [0.4, 0.5) is 5.69 Å². The molecule has 1 heterocycles. The fraction of sp³-hybridized carbons (Fsp3) is 0.385. The van der Waals surface area contributed by atoms with E-state index in [1.165, 1.54) is 5.56 Å². The summed E-state index contributed by atoms with van der Waals surface area (Å²) in [7, 11) is 0. The van der Waals surface area contributed by atoms with Crippen molar-refractivity contribution in [2.75, 3.05) is 0 Å². The summed E-state index contributed by atoms with van der Waals surface area (Å²) in [4.78, 5) is 14.9. The Balaban J connectivity index is 2.10. The third-order valence-electron chi connectivity index (χ3n) is 3.09. The molecule has 0 fully saturated rings. The van der Waals surface area contributed by atoms with Crippen LogP contribution in [0, 0.1) is 0 Å². The molecule has 0 spiro atoms. The highest BCUT2D eigenvalue weighted by atomic mass is 16.4. The first kappa shape index (κ1) is 10.9. The fourth-order valence-corrected chi connectivity index (χ4v) is 2.16. The topological polar surface area (TPSA) is 49.7 Å². The number of carboxylic acids is 1. The Hall–Kier alpha value is -1.64. The summed E-state index contributed by atoms with van der Waals surface area (Å²) in [6.07, 6.45) is 3.69. The molecular formula is C13H15NO2. The third-order valence-corrected chi connectivity index (χ3v) is 3.09. The number of hydrogen-bond donors (Lipinski definition) is 1. The van der Waals surface area contributed by atoms with Crippen LogP contribution in [0.5, 0.6) is 0 Å². The first-order valence-corrected chi connectivity index (χ1v) is 5.48. The zero-order valence-corrected chi connectivity index (χ0v) is 9.31. The second-order valence-corrected chi connectivity index (χ2v) is 4.44. The van der Waals surface area contributed by atoms with Gasteiger partial charge in [0.2, 0.25) is 0 Å².